The molecule has 0 radical (unpaired) electrons. The van der Waals surface area contributed by atoms with E-state index in [9.17, 15) is 0 Å². The normalized spacial score (nSPS) is 20.6. The molecule has 1 fully saturated rings. The second-order valence-electron chi connectivity index (χ2n) is 4.32. The lowest BCUT2D eigenvalue weighted by molar-refractivity contribution is 0.0595. The van der Waals surface area contributed by atoms with Crippen molar-refractivity contribution in [2.45, 2.75) is 12.8 Å². The van der Waals surface area contributed by atoms with Crippen LogP contribution in [0, 0.1) is 5.92 Å². The zero-order valence-corrected chi connectivity index (χ0v) is 9.52. The molecule has 0 aliphatic carbocycles. The Labute approximate surface area is 98.8 Å². The molecule has 90 valence electrons. The van der Waals surface area contributed by atoms with E-state index in [-0.39, 0.29) is 0 Å². The summed E-state index contributed by atoms with van der Waals surface area (Å²) in [6.07, 6.45) is 5.65. The van der Waals surface area contributed by atoms with Crippen molar-refractivity contribution in [1.82, 2.24) is 20.2 Å². The van der Waals surface area contributed by atoms with Gasteiger partial charge in [0.2, 0.25) is 0 Å². The molecular weight excluding hydrogens is 218 g/mol. The number of hydrogen-bond donors (Lipinski definition) is 2. The quantitative estimate of drug-likeness (QED) is 0.832. The second-order valence-corrected chi connectivity index (χ2v) is 4.32. The molecular formula is C11H15N5O. The minimum Gasteiger partial charge on any atom is -0.381 e. The van der Waals surface area contributed by atoms with Crippen LogP contribution in [0.15, 0.2) is 12.5 Å². The van der Waals surface area contributed by atoms with E-state index in [0.717, 1.165) is 43.0 Å². The number of hydrogen-bond acceptors (Lipinski definition) is 5. The Hall–Kier alpha value is -1.69. The predicted molar refractivity (Wildman–Crippen MR) is 63.7 cm³/mol. The molecule has 0 saturated carbocycles. The zero-order valence-electron chi connectivity index (χ0n) is 9.52. The number of ether oxygens (including phenoxy) is 1. The molecule has 1 aliphatic heterocycles. The molecule has 17 heavy (non-hydrogen) atoms. The first kappa shape index (κ1) is 10.5. The first-order valence-electron chi connectivity index (χ1n) is 5.89. The number of fused-ring (bicyclic) bond motifs is 1. The maximum absolute atomic E-state index is 5.45. The van der Waals surface area contributed by atoms with Crippen LogP contribution in [0.25, 0.3) is 11.0 Å². The van der Waals surface area contributed by atoms with E-state index < -0.39 is 0 Å². The fourth-order valence-electron chi connectivity index (χ4n) is 2.12. The Morgan fingerprint density at radius 3 is 3.35 bits per heavy atom. The summed E-state index contributed by atoms with van der Waals surface area (Å²) in [5.41, 5.74) is 0.766. The number of rotatable bonds is 3. The number of H-pyrrole nitrogens is 1. The second kappa shape index (κ2) is 4.67. The Bertz CT molecular complexity index is 491. The van der Waals surface area contributed by atoms with Gasteiger partial charge in [-0.1, -0.05) is 0 Å². The van der Waals surface area contributed by atoms with Gasteiger partial charge >= 0.3 is 0 Å². The molecule has 6 heteroatoms. The van der Waals surface area contributed by atoms with Crippen LogP contribution in [-0.2, 0) is 4.74 Å². The van der Waals surface area contributed by atoms with Gasteiger partial charge in [0, 0.05) is 13.2 Å². The molecule has 3 rings (SSSR count). The molecule has 2 N–H and O–H groups in total. The molecule has 1 aliphatic rings. The third kappa shape index (κ3) is 2.21. The average molecular weight is 233 g/mol. The first-order chi connectivity index (χ1) is 8.43. The van der Waals surface area contributed by atoms with Gasteiger partial charge in [-0.15, -0.1) is 0 Å². The fraction of sp³-hybridized carbons (Fsp3) is 0.545. The highest BCUT2D eigenvalue weighted by molar-refractivity contribution is 5.85. The van der Waals surface area contributed by atoms with Crippen molar-refractivity contribution in [3.63, 3.8) is 0 Å². The predicted octanol–water partition coefficient (Wildman–Crippen LogP) is 1.19. The average Bonchev–Trinajstić information content (AvgIpc) is 2.86. The highest BCUT2D eigenvalue weighted by atomic mass is 16.5. The van der Waals surface area contributed by atoms with Crippen molar-refractivity contribution in [2.75, 3.05) is 25.1 Å². The lowest BCUT2D eigenvalue weighted by Crippen LogP contribution is -2.24. The van der Waals surface area contributed by atoms with Crippen molar-refractivity contribution in [1.29, 1.82) is 0 Å². The molecule has 3 heterocycles. The van der Waals surface area contributed by atoms with Crippen LogP contribution in [0.4, 0.5) is 5.82 Å². The minimum atomic E-state index is 0.570. The highest BCUT2D eigenvalue weighted by Crippen LogP contribution is 2.18. The third-order valence-corrected chi connectivity index (χ3v) is 3.06. The van der Waals surface area contributed by atoms with E-state index >= 15 is 0 Å². The summed E-state index contributed by atoms with van der Waals surface area (Å²) in [6.45, 7) is 2.62. The van der Waals surface area contributed by atoms with Gasteiger partial charge < -0.3 is 10.1 Å². The lowest BCUT2D eigenvalue weighted by atomic mass is 10.0. The van der Waals surface area contributed by atoms with Gasteiger partial charge in [-0.2, -0.15) is 5.10 Å². The van der Waals surface area contributed by atoms with Gasteiger partial charge in [0.15, 0.2) is 5.65 Å². The smallest absolute Gasteiger partial charge is 0.160 e. The van der Waals surface area contributed by atoms with E-state index in [1.54, 1.807) is 12.5 Å². The molecule has 1 saturated heterocycles. The summed E-state index contributed by atoms with van der Waals surface area (Å²) < 4.78 is 5.45. The van der Waals surface area contributed by atoms with Crippen molar-refractivity contribution >= 4 is 16.9 Å². The summed E-state index contributed by atoms with van der Waals surface area (Å²) >= 11 is 0. The third-order valence-electron chi connectivity index (χ3n) is 3.06. The summed E-state index contributed by atoms with van der Waals surface area (Å²) in [5.74, 6) is 1.41. The highest BCUT2D eigenvalue weighted by Gasteiger charge is 2.14. The van der Waals surface area contributed by atoms with Crippen molar-refractivity contribution < 1.29 is 4.74 Å². The topological polar surface area (TPSA) is 75.7 Å². The van der Waals surface area contributed by atoms with Gasteiger partial charge in [0.1, 0.15) is 12.1 Å². The molecule has 0 bridgehead atoms. The van der Waals surface area contributed by atoms with Gasteiger partial charge in [-0.25, -0.2) is 9.97 Å². The van der Waals surface area contributed by atoms with E-state index in [2.05, 4.69) is 25.5 Å². The van der Waals surface area contributed by atoms with Crippen LogP contribution in [0.5, 0.6) is 0 Å². The number of aromatic nitrogens is 4. The molecule has 0 spiro atoms. The Morgan fingerprint density at radius 1 is 1.47 bits per heavy atom. The van der Waals surface area contributed by atoms with Crippen molar-refractivity contribution in [2.24, 2.45) is 5.92 Å². The van der Waals surface area contributed by atoms with E-state index in [1.165, 1.54) is 6.42 Å². The van der Waals surface area contributed by atoms with E-state index in [4.69, 9.17) is 4.74 Å². The largest absolute Gasteiger partial charge is 0.381 e. The number of nitrogens with one attached hydrogen (secondary N) is 2. The Kier molecular flexibility index (Phi) is 2.87. The molecule has 1 unspecified atom stereocenters. The van der Waals surface area contributed by atoms with Crippen molar-refractivity contribution in [3.8, 4) is 0 Å². The zero-order chi connectivity index (χ0) is 11.5. The van der Waals surface area contributed by atoms with E-state index in [1.807, 2.05) is 0 Å². The Balaban J connectivity index is 1.69. The van der Waals surface area contributed by atoms with Gasteiger partial charge in [0.05, 0.1) is 18.2 Å². The first-order valence-corrected chi connectivity index (χ1v) is 5.89. The van der Waals surface area contributed by atoms with Crippen LogP contribution in [0.2, 0.25) is 0 Å². The minimum absolute atomic E-state index is 0.570. The standard InChI is InChI=1S/C11H15N5O/c1-2-8(6-17-3-1)4-12-10-9-5-15-16-11(9)14-7-13-10/h5,7-8H,1-4,6H2,(H2,12,13,14,15,16). The van der Waals surface area contributed by atoms with Crippen LogP contribution in [0.3, 0.4) is 0 Å². The van der Waals surface area contributed by atoms with Gasteiger partial charge in [-0.05, 0) is 18.8 Å². The maximum atomic E-state index is 5.45. The van der Waals surface area contributed by atoms with Crippen molar-refractivity contribution in [3.05, 3.63) is 12.5 Å². The number of anilines is 1. The van der Waals surface area contributed by atoms with Crippen LogP contribution in [0.1, 0.15) is 12.8 Å². The molecule has 6 nitrogen and oxygen atoms in total. The molecule has 2 aromatic rings. The summed E-state index contributed by atoms with van der Waals surface area (Å²) in [5, 5.41) is 11.1. The molecule has 1 atom stereocenters. The van der Waals surface area contributed by atoms with Gasteiger partial charge in [-0.3, -0.25) is 5.10 Å². The molecule has 0 amide bonds. The lowest BCUT2D eigenvalue weighted by Gasteiger charge is -2.22. The maximum Gasteiger partial charge on any atom is 0.160 e. The summed E-state index contributed by atoms with van der Waals surface area (Å²) in [4.78, 5) is 8.34. The summed E-state index contributed by atoms with van der Waals surface area (Å²) in [7, 11) is 0. The number of nitrogens with zero attached hydrogens (tertiary/aromatic N) is 3. The monoisotopic (exact) mass is 233 g/mol. The molecule has 2 aromatic heterocycles. The number of aromatic amines is 1. The van der Waals surface area contributed by atoms with Crippen LogP contribution < -0.4 is 5.32 Å². The van der Waals surface area contributed by atoms with Gasteiger partial charge in [0.25, 0.3) is 0 Å². The fourth-order valence-corrected chi connectivity index (χ4v) is 2.12. The molecule has 0 aromatic carbocycles. The van der Waals surface area contributed by atoms with Crippen LogP contribution >= 0.6 is 0 Å². The SMILES string of the molecule is c1nc(NCC2CCCOC2)c2cn[nH]c2n1. The van der Waals surface area contributed by atoms with E-state index in [0.29, 0.717) is 5.92 Å². The van der Waals surface area contributed by atoms with Crippen LogP contribution in [-0.4, -0.2) is 39.9 Å². The Morgan fingerprint density at radius 2 is 2.47 bits per heavy atom. The summed E-state index contributed by atoms with van der Waals surface area (Å²) in [6, 6.07) is 0.